The number of aryl methyl sites for hydroxylation is 1. The molecule has 1 aromatic carbocycles. The summed E-state index contributed by atoms with van der Waals surface area (Å²) in [6, 6.07) is 4.11. The van der Waals surface area contributed by atoms with Crippen molar-refractivity contribution in [2.45, 2.75) is 12.1 Å². The van der Waals surface area contributed by atoms with Gasteiger partial charge in [0, 0.05) is 23.6 Å². The van der Waals surface area contributed by atoms with Gasteiger partial charge in [-0.15, -0.1) is 0 Å². The lowest BCUT2D eigenvalue weighted by molar-refractivity contribution is -0.385. The van der Waals surface area contributed by atoms with Crippen LogP contribution in [0.1, 0.15) is 16.1 Å². The maximum atomic E-state index is 12.2. The number of hydrogen-bond acceptors (Lipinski definition) is 7. The summed E-state index contributed by atoms with van der Waals surface area (Å²) in [5, 5.41) is 12.6. The van der Waals surface area contributed by atoms with E-state index in [2.05, 4.69) is 15.3 Å². The van der Waals surface area contributed by atoms with Gasteiger partial charge in [-0.2, -0.15) is 0 Å². The molecular formula is C13H11ClN4O5S. The Morgan fingerprint density at radius 2 is 2.04 bits per heavy atom. The highest BCUT2D eigenvalue weighted by atomic mass is 35.5. The average molecular weight is 371 g/mol. The van der Waals surface area contributed by atoms with Crippen LogP contribution in [0.5, 0.6) is 0 Å². The van der Waals surface area contributed by atoms with Gasteiger partial charge in [-0.05, 0) is 13.0 Å². The second kappa shape index (κ2) is 6.49. The summed E-state index contributed by atoms with van der Waals surface area (Å²) in [5.41, 5.74) is 0.0547. The van der Waals surface area contributed by atoms with Gasteiger partial charge in [-0.25, -0.2) is 18.4 Å². The van der Waals surface area contributed by atoms with E-state index < -0.39 is 25.8 Å². The summed E-state index contributed by atoms with van der Waals surface area (Å²) in [7, 11) is -3.72. The Hall–Kier alpha value is -2.59. The summed E-state index contributed by atoms with van der Waals surface area (Å²) < 4.78 is 22.9. The maximum Gasteiger partial charge on any atom is 0.275 e. The number of nitrogens with zero attached hydrogens (tertiary/aromatic N) is 3. The van der Waals surface area contributed by atoms with Crippen molar-refractivity contribution in [3.8, 4) is 0 Å². The number of benzene rings is 1. The third-order valence-electron chi connectivity index (χ3n) is 2.93. The van der Waals surface area contributed by atoms with Crippen molar-refractivity contribution in [1.82, 2.24) is 9.97 Å². The number of carbonyl (C=O) groups excluding carboxylic acids is 1. The number of amides is 1. The van der Waals surface area contributed by atoms with Crippen LogP contribution in [0.2, 0.25) is 5.02 Å². The summed E-state index contributed by atoms with van der Waals surface area (Å²) in [4.78, 5) is 29.8. The Labute approximate surface area is 141 Å². The van der Waals surface area contributed by atoms with Crippen molar-refractivity contribution in [1.29, 1.82) is 0 Å². The molecule has 0 aliphatic carbocycles. The molecular weight excluding hydrogens is 360 g/mol. The average Bonchev–Trinajstić information content (AvgIpc) is 2.48. The van der Waals surface area contributed by atoms with Gasteiger partial charge in [0.2, 0.25) is 15.0 Å². The Kier molecular flexibility index (Phi) is 4.81. The first-order valence-electron chi connectivity index (χ1n) is 6.38. The molecule has 11 heteroatoms. The molecule has 1 amide bonds. The zero-order valence-corrected chi connectivity index (χ0v) is 14.1. The first kappa shape index (κ1) is 17.8. The van der Waals surface area contributed by atoms with E-state index in [4.69, 9.17) is 11.6 Å². The molecule has 9 nitrogen and oxygen atoms in total. The Morgan fingerprint density at radius 1 is 1.38 bits per heavy atom. The van der Waals surface area contributed by atoms with E-state index in [-0.39, 0.29) is 22.1 Å². The molecule has 2 aromatic rings. The van der Waals surface area contributed by atoms with E-state index in [0.29, 0.717) is 5.56 Å². The molecule has 0 aliphatic heterocycles. The lowest BCUT2D eigenvalue weighted by atomic mass is 10.2. The van der Waals surface area contributed by atoms with Gasteiger partial charge in [-0.1, -0.05) is 17.7 Å². The number of halogens is 1. The van der Waals surface area contributed by atoms with Gasteiger partial charge in [0.15, 0.2) is 5.69 Å². The number of aromatic nitrogens is 2. The monoisotopic (exact) mass is 370 g/mol. The highest BCUT2D eigenvalue weighted by Gasteiger charge is 2.20. The molecule has 1 heterocycles. The minimum absolute atomic E-state index is 0.146. The van der Waals surface area contributed by atoms with Crippen LogP contribution in [-0.4, -0.2) is 35.5 Å². The Bertz CT molecular complexity index is 945. The zero-order chi connectivity index (χ0) is 18.1. The number of nitro groups is 1. The summed E-state index contributed by atoms with van der Waals surface area (Å²) in [6.45, 7) is 1.56. The highest BCUT2D eigenvalue weighted by Crippen LogP contribution is 2.23. The summed E-state index contributed by atoms with van der Waals surface area (Å²) in [6.07, 6.45) is 1.89. The minimum Gasteiger partial charge on any atom is -0.320 e. The fraction of sp³-hybridized carbons (Fsp3) is 0.154. The SMILES string of the molecule is Cc1ccc(NC(=O)c2nc(S(C)(=O)=O)ncc2Cl)cc1[N+](=O)[O-]. The molecule has 2 rings (SSSR count). The molecule has 0 unspecified atom stereocenters. The van der Waals surface area contributed by atoms with Gasteiger partial charge in [-0.3, -0.25) is 14.9 Å². The third-order valence-corrected chi connectivity index (χ3v) is 4.07. The number of anilines is 1. The normalized spacial score (nSPS) is 11.1. The zero-order valence-electron chi connectivity index (χ0n) is 12.5. The molecule has 0 saturated heterocycles. The van der Waals surface area contributed by atoms with Crippen molar-refractivity contribution in [3.63, 3.8) is 0 Å². The van der Waals surface area contributed by atoms with E-state index in [1.807, 2.05) is 0 Å². The molecule has 1 N–H and O–H groups in total. The Morgan fingerprint density at radius 3 is 2.62 bits per heavy atom. The molecule has 0 bridgehead atoms. The number of nitrogens with one attached hydrogen (secondary N) is 1. The van der Waals surface area contributed by atoms with Crippen molar-refractivity contribution < 1.29 is 18.1 Å². The van der Waals surface area contributed by atoms with E-state index in [1.54, 1.807) is 6.92 Å². The first-order chi connectivity index (χ1) is 11.1. The molecule has 24 heavy (non-hydrogen) atoms. The maximum absolute atomic E-state index is 12.2. The van der Waals surface area contributed by atoms with E-state index >= 15 is 0 Å². The molecule has 0 fully saturated rings. The van der Waals surface area contributed by atoms with Crippen molar-refractivity contribution in [3.05, 3.63) is 50.8 Å². The molecule has 0 aliphatic rings. The number of rotatable bonds is 4. The Balaban J connectivity index is 2.37. The summed E-state index contributed by atoms with van der Waals surface area (Å²) in [5.74, 6) is -0.814. The lowest BCUT2D eigenvalue weighted by Gasteiger charge is -2.07. The van der Waals surface area contributed by atoms with Crippen LogP contribution in [-0.2, 0) is 9.84 Å². The van der Waals surface area contributed by atoms with Gasteiger partial charge in [0.25, 0.3) is 11.6 Å². The number of carbonyl (C=O) groups is 1. The largest absolute Gasteiger partial charge is 0.320 e. The molecule has 1 aromatic heterocycles. The van der Waals surface area contributed by atoms with E-state index in [9.17, 15) is 23.3 Å². The smallest absolute Gasteiger partial charge is 0.275 e. The molecule has 0 radical (unpaired) electrons. The van der Waals surface area contributed by atoms with Crippen LogP contribution in [0.4, 0.5) is 11.4 Å². The predicted octanol–water partition coefficient (Wildman–Crippen LogP) is 2.00. The van der Waals surface area contributed by atoms with Crippen LogP contribution < -0.4 is 5.32 Å². The van der Waals surface area contributed by atoms with Gasteiger partial charge >= 0.3 is 0 Å². The van der Waals surface area contributed by atoms with Crippen LogP contribution >= 0.6 is 11.6 Å². The second-order valence-electron chi connectivity index (χ2n) is 4.83. The highest BCUT2D eigenvalue weighted by molar-refractivity contribution is 7.90. The number of hydrogen-bond donors (Lipinski definition) is 1. The van der Waals surface area contributed by atoms with Crippen molar-refractivity contribution in [2.75, 3.05) is 11.6 Å². The molecule has 126 valence electrons. The van der Waals surface area contributed by atoms with Gasteiger partial charge in [0.1, 0.15) is 0 Å². The molecule has 0 atom stereocenters. The second-order valence-corrected chi connectivity index (χ2v) is 7.15. The van der Waals surface area contributed by atoms with Crippen LogP contribution in [0.15, 0.2) is 29.6 Å². The lowest BCUT2D eigenvalue weighted by Crippen LogP contribution is -2.17. The standard InChI is InChI=1S/C13H11ClN4O5S/c1-7-3-4-8(5-10(7)18(20)21)16-12(19)11-9(14)6-15-13(17-11)24(2,22)23/h3-6H,1-2H3,(H,16,19). The predicted molar refractivity (Wildman–Crippen MR) is 85.9 cm³/mol. The molecule has 0 saturated carbocycles. The first-order valence-corrected chi connectivity index (χ1v) is 8.65. The fourth-order valence-corrected chi connectivity index (χ4v) is 2.44. The number of sulfone groups is 1. The van der Waals surface area contributed by atoms with Crippen molar-refractivity contribution in [2.24, 2.45) is 0 Å². The van der Waals surface area contributed by atoms with Crippen LogP contribution in [0, 0.1) is 17.0 Å². The van der Waals surface area contributed by atoms with Crippen LogP contribution in [0.3, 0.4) is 0 Å². The fourth-order valence-electron chi connectivity index (χ4n) is 1.76. The molecule has 0 spiro atoms. The van der Waals surface area contributed by atoms with Crippen LogP contribution in [0.25, 0.3) is 0 Å². The third kappa shape index (κ3) is 3.84. The quantitative estimate of drug-likeness (QED) is 0.494. The van der Waals surface area contributed by atoms with Gasteiger partial charge in [0.05, 0.1) is 16.1 Å². The van der Waals surface area contributed by atoms with Crippen molar-refractivity contribution >= 4 is 38.7 Å². The number of nitro benzene ring substituents is 1. The summed E-state index contributed by atoms with van der Waals surface area (Å²) >= 11 is 5.83. The van der Waals surface area contributed by atoms with Gasteiger partial charge < -0.3 is 5.32 Å². The topological polar surface area (TPSA) is 132 Å². The van der Waals surface area contributed by atoms with E-state index in [1.165, 1.54) is 18.2 Å². The minimum atomic E-state index is -3.72. The van der Waals surface area contributed by atoms with E-state index in [0.717, 1.165) is 12.5 Å².